The van der Waals surface area contributed by atoms with Gasteiger partial charge < -0.3 is 20.3 Å². The van der Waals surface area contributed by atoms with Crippen LogP contribution in [-0.2, 0) is 4.74 Å². The highest BCUT2D eigenvalue weighted by atomic mass is 32.1. The summed E-state index contributed by atoms with van der Waals surface area (Å²) in [6.45, 7) is 5.39. The van der Waals surface area contributed by atoms with Gasteiger partial charge in [-0.3, -0.25) is 0 Å². The van der Waals surface area contributed by atoms with Crippen molar-refractivity contribution in [1.29, 1.82) is 0 Å². The lowest BCUT2D eigenvalue weighted by atomic mass is 10.2. The third-order valence-electron chi connectivity index (χ3n) is 4.23. The molecule has 1 aromatic heterocycles. The highest BCUT2D eigenvalue weighted by Gasteiger charge is 2.15. The van der Waals surface area contributed by atoms with E-state index in [2.05, 4.69) is 40.7 Å². The van der Waals surface area contributed by atoms with Gasteiger partial charge in [0.05, 0.1) is 23.4 Å². The summed E-state index contributed by atoms with van der Waals surface area (Å²) in [6, 6.07) is 14.3. The molecule has 2 aromatic carbocycles. The smallest absolute Gasteiger partial charge is 0.186 e. The van der Waals surface area contributed by atoms with E-state index >= 15 is 0 Å². The van der Waals surface area contributed by atoms with Crippen LogP contribution in [0, 0.1) is 6.92 Å². The third kappa shape index (κ3) is 3.95. The summed E-state index contributed by atoms with van der Waals surface area (Å²) in [6.07, 6.45) is 0. The molecule has 0 amide bonds. The van der Waals surface area contributed by atoms with Gasteiger partial charge in [0, 0.05) is 24.5 Å². The third-order valence-corrected chi connectivity index (χ3v) is 5.51. The molecule has 1 fully saturated rings. The average Bonchev–Trinajstić information content (AvgIpc) is 3.08. The van der Waals surface area contributed by atoms with E-state index in [1.165, 1.54) is 5.56 Å². The molecule has 0 unspecified atom stereocenters. The number of hydrogen-bond donors (Lipinski definition) is 2. The lowest BCUT2D eigenvalue weighted by Gasteiger charge is -2.25. The van der Waals surface area contributed by atoms with Crippen LogP contribution in [0.1, 0.15) is 5.56 Å². The van der Waals surface area contributed by atoms with Gasteiger partial charge in [-0.2, -0.15) is 0 Å². The second kappa shape index (κ2) is 7.57. The molecule has 5 nitrogen and oxygen atoms in total. The minimum Gasteiger partial charge on any atom is -0.378 e. The standard InChI is InChI=1S/C19H20N4OS2/c1-13-2-4-14(5-3-13)20-18(25)21-15-6-7-16-17(12-15)26-19(22-16)23-8-10-24-11-9-23/h2-7,12H,8-11H2,1H3,(H2,20,21,25). The Morgan fingerprint density at radius 1 is 1.08 bits per heavy atom. The van der Waals surface area contributed by atoms with Crippen molar-refractivity contribution in [3.8, 4) is 0 Å². The van der Waals surface area contributed by atoms with Crippen LogP contribution in [0.5, 0.6) is 0 Å². The number of fused-ring (bicyclic) bond motifs is 1. The van der Waals surface area contributed by atoms with Crippen molar-refractivity contribution in [2.45, 2.75) is 6.92 Å². The van der Waals surface area contributed by atoms with E-state index < -0.39 is 0 Å². The predicted octanol–water partition coefficient (Wildman–Crippen LogP) is 4.25. The molecule has 1 aliphatic heterocycles. The maximum absolute atomic E-state index is 5.42. The lowest BCUT2D eigenvalue weighted by molar-refractivity contribution is 0.122. The van der Waals surface area contributed by atoms with Crippen LogP contribution in [0.15, 0.2) is 42.5 Å². The number of thiocarbonyl (C=S) groups is 1. The monoisotopic (exact) mass is 384 g/mol. The molecule has 0 spiro atoms. The summed E-state index contributed by atoms with van der Waals surface area (Å²) in [7, 11) is 0. The van der Waals surface area contributed by atoms with Crippen LogP contribution in [0.4, 0.5) is 16.5 Å². The Morgan fingerprint density at radius 2 is 1.77 bits per heavy atom. The SMILES string of the molecule is Cc1ccc(NC(=S)Nc2ccc3nc(N4CCOCC4)sc3c2)cc1. The molecule has 26 heavy (non-hydrogen) atoms. The number of hydrogen-bond acceptors (Lipinski definition) is 5. The molecule has 0 radical (unpaired) electrons. The largest absolute Gasteiger partial charge is 0.378 e. The van der Waals surface area contributed by atoms with Crippen molar-refractivity contribution in [1.82, 2.24) is 4.98 Å². The molecular formula is C19H20N4OS2. The Hall–Kier alpha value is -2.22. The van der Waals surface area contributed by atoms with E-state index in [9.17, 15) is 0 Å². The second-order valence-corrected chi connectivity index (χ2v) is 7.64. The summed E-state index contributed by atoms with van der Waals surface area (Å²) >= 11 is 7.13. The number of aryl methyl sites for hydroxylation is 1. The Bertz CT molecular complexity index is 917. The Balaban J connectivity index is 1.46. The normalized spacial score (nSPS) is 14.4. The van der Waals surface area contributed by atoms with Gasteiger partial charge in [-0.1, -0.05) is 29.0 Å². The first-order chi connectivity index (χ1) is 12.7. The molecular weight excluding hydrogens is 364 g/mol. The molecule has 3 aromatic rings. The zero-order chi connectivity index (χ0) is 17.9. The molecule has 2 heterocycles. The molecule has 0 aliphatic carbocycles. The van der Waals surface area contributed by atoms with Gasteiger partial charge in [0.25, 0.3) is 0 Å². The fraction of sp³-hybridized carbons (Fsp3) is 0.263. The lowest BCUT2D eigenvalue weighted by Crippen LogP contribution is -2.36. The highest BCUT2D eigenvalue weighted by Crippen LogP contribution is 2.31. The van der Waals surface area contributed by atoms with Crippen LogP contribution in [0.2, 0.25) is 0 Å². The van der Waals surface area contributed by atoms with Crippen LogP contribution < -0.4 is 15.5 Å². The second-order valence-electron chi connectivity index (χ2n) is 6.22. The summed E-state index contributed by atoms with van der Waals surface area (Å²) in [5.74, 6) is 0. The molecule has 134 valence electrons. The van der Waals surface area contributed by atoms with E-state index in [-0.39, 0.29) is 0 Å². The minimum absolute atomic E-state index is 0.575. The first-order valence-electron chi connectivity index (χ1n) is 8.55. The van der Waals surface area contributed by atoms with E-state index in [1.54, 1.807) is 11.3 Å². The first-order valence-corrected chi connectivity index (χ1v) is 9.78. The molecule has 0 bridgehead atoms. The van der Waals surface area contributed by atoms with Gasteiger partial charge >= 0.3 is 0 Å². The fourth-order valence-corrected chi connectivity index (χ4v) is 4.10. The van der Waals surface area contributed by atoms with Crippen molar-refractivity contribution in [3.63, 3.8) is 0 Å². The van der Waals surface area contributed by atoms with Crippen molar-refractivity contribution in [2.75, 3.05) is 41.8 Å². The van der Waals surface area contributed by atoms with Gasteiger partial charge in [-0.15, -0.1) is 0 Å². The summed E-state index contributed by atoms with van der Waals surface area (Å²) < 4.78 is 6.57. The number of morpholine rings is 1. The molecule has 0 atom stereocenters. The van der Waals surface area contributed by atoms with Crippen LogP contribution in [0.25, 0.3) is 10.2 Å². The topological polar surface area (TPSA) is 49.4 Å². The fourth-order valence-electron chi connectivity index (χ4n) is 2.81. The van der Waals surface area contributed by atoms with E-state index in [0.29, 0.717) is 5.11 Å². The van der Waals surface area contributed by atoms with Gasteiger partial charge in [0.15, 0.2) is 10.2 Å². The van der Waals surface area contributed by atoms with Crippen LogP contribution in [-0.4, -0.2) is 36.4 Å². The van der Waals surface area contributed by atoms with E-state index in [4.69, 9.17) is 21.9 Å². The van der Waals surface area contributed by atoms with Gasteiger partial charge in [0.1, 0.15) is 0 Å². The number of anilines is 3. The molecule has 2 N–H and O–H groups in total. The number of aromatic nitrogens is 1. The summed E-state index contributed by atoms with van der Waals surface area (Å²) in [5, 5.41) is 8.09. The van der Waals surface area contributed by atoms with E-state index in [1.807, 2.05) is 24.3 Å². The van der Waals surface area contributed by atoms with Crippen LogP contribution >= 0.6 is 23.6 Å². The Labute approximate surface area is 162 Å². The maximum Gasteiger partial charge on any atom is 0.186 e. The van der Waals surface area contributed by atoms with Crippen molar-refractivity contribution < 1.29 is 4.74 Å². The average molecular weight is 385 g/mol. The van der Waals surface area contributed by atoms with Crippen LogP contribution in [0.3, 0.4) is 0 Å². The van der Waals surface area contributed by atoms with Crippen molar-refractivity contribution in [3.05, 3.63) is 48.0 Å². The molecule has 4 rings (SSSR count). The van der Waals surface area contributed by atoms with Gasteiger partial charge in [-0.25, -0.2) is 4.98 Å². The molecule has 0 saturated carbocycles. The Morgan fingerprint density at radius 3 is 2.54 bits per heavy atom. The van der Waals surface area contributed by atoms with E-state index in [0.717, 1.165) is 53.0 Å². The number of thiazole rings is 1. The predicted molar refractivity (Wildman–Crippen MR) is 114 cm³/mol. The summed E-state index contributed by atoms with van der Waals surface area (Å²) in [5.41, 5.74) is 4.17. The number of rotatable bonds is 3. The van der Waals surface area contributed by atoms with Crippen molar-refractivity contribution >= 4 is 55.4 Å². The quantitative estimate of drug-likeness (QED) is 0.659. The number of nitrogens with one attached hydrogen (secondary N) is 2. The zero-order valence-electron chi connectivity index (χ0n) is 14.5. The Kier molecular flexibility index (Phi) is 5.01. The molecule has 7 heteroatoms. The number of benzene rings is 2. The molecule has 1 aliphatic rings. The van der Waals surface area contributed by atoms with Gasteiger partial charge in [0.2, 0.25) is 0 Å². The number of ether oxygens (including phenoxy) is 1. The highest BCUT2D eigenvalue weighted by molar-refractivity contribution is 7.80. The van der Waals surface area contributed by atoms with Crippen molar-refractivity contribution in [2.24, 2.45) is 0 Å². The zero-order valence-corrected chi connectivity index (χ0v) is 16.1. The molecule has 1 saturated heterocycles. The number of nitrogens with zero attached hydrogens (tertiary/aromatic N) is 2. The van der Waals surface area contributed by atoms with Gasteiger partial charge in [-0.05, 0) is 49.5 Å². The summed E-state index contributed by atoms with van der Waals surface area (Å²) in [4.78, 5) is 7.03. The maximum atomic E-state index is 5.42. The minimum atomic E-state index is 0.575. The first kappa shape index (κ1) is 17.2.